The Labute approximate surface area is 92.5 Å². The van der Waals surface area contributed by atoms with Gasteiger partial charge in [0.1, 0.15) is 0 Å². The highest BCUT2D eigenvalue weighted by molar-refractivity contribution is 5.42. The largest absolute Gasteiger partial charge is 0.417 e. The molecule has 1 aromatic rings. The Hall–Kier alpha value is -1.47. The molecule has 0 aromatic heterocycles. The number of nitrogens with two attached hydrogens (primary N) is 1. The van der Waals surface area contributed by atoms with Gasteiger partial charge in [-0.05, 0) is 25.1 Å². The van der Waals surface area contributed by atoms with E-state index < -0.39 is 11.7 Å². The summed E-state index contributed by atoms with van der Waals surface area (Å²) in [5.41, 5.74) is 4.59. The van der Waals surface area contributed by atoms with E-state index in [0.717, 1.165) is 6.07 Å². The molecule has 0 bridgehead atoms. The Morgan fingerprint density at radius 3 is 2.50 bits per heavy atom. The molecule has 16 heavy (non-hydrogen) atoms. The zero-order chi connectivity index (χ0) is 12.0. The van der Waals surface area contributed by atoms with Gasteiger partial charge in [-0.25, -0.2) is 0 Å². The van der Waals surface area contributed by atoms with Gasteiger partial charge in [0.25, 0.3) is 0 Å². The molecular weight excluding hydrogens is 215 g/mol. The van der Waals surface area contributed by atoms with Crippen LogP contribution in [0.4, 0.5) is 13.2 Å². The smallest absolute Gasteiger partial charge is 0.330 e. The van der Waals surface area contributed by atoms with E-state index >= 15 is 0 Å². The predicted octanol–water partition coefficient (Wildman–Crippen LogP) is 2.80. The SMILES string of the molecule is NCCCC#Cc1ccccc1C(F)(F)F. The highest BCUT2D eigenvalue weighted by Crippen LogP contribution is 2.31. The fraction of sp³-hybridized carbons (Fsp3) is 0.333. The molecule has 0 unspecified atom stereocenters. The number of rotatable bonds is 2. The van der Waals surface area contributed by atoms with Gasteiger partial charge in [0.2, 0.25) is 0 Å². The molecule has 4 heteroatoms. The van der Waals surface area contributed by atoms with Crippen LogP contribution in [0.1, 0.15) is 24.0 Å². The quantitative estimate of drug-likeness (QED) is 0.610. The van der Waals surface area contributed by atoms with E-state index in [-0.39, 0.29) is 5.56 Å². The first kappa shape index (κ1) is 12.6. The molecule has 1 nitrogen and oxygen atoms in total. The first-order valence-electron chi connectivity index (χ1n) is 4.91. The Morgan fingerprint density at radius 1 is 1.19 bits per heavy atom. The minimum Gasteiger partial charge on any atom is -0.330 e. The van der Waals surface area contributed by atoms with Crippen molar-refractivity contribution in [2.24, 2.45) is 5.73 Å². The summed E-state index contributed by atoms with van der Waals surface area (Å²) < 4.78 is 37.6. The van der Waals surface area contributed by atoms with Gasteiger partial charge in [0, 0.05) is 12.0 Å². The summed E-state index contributed by atoms with van der Waals surface area (Å²) in [5, 5.41) is 0. The molecule has 0 aliphatic heterocycles. The van der Waals surface area contributed by atoms with Crippen molar-refractivity contribution in [2.45, 2.75) is 19.0 Å². The maximum atomic E-state index is 12.5. The molecule has 2 N–H and O–H groups in total. The van der Waals surface area contributed by atoms with Crippen molar-refractivity contribution in [3.63, 3.8) is 0 Å². The summed E-state index contributed by atoms with van der Waals surface area (Å²) in [5.74, 6) is 5.21. The number of alkyl halides is 3. The summed E-state index contributed by atoms with van der Waals surface area (Å²) >= 11 is 0. The number of unbranched alkanes of at least 4 members (excludes halogenated alkanes) is 1. The van der Waals surface area contributed by atoms with Gasteiger partial charge in [-0.3, -0.25) is 0 Å². The van der Waals surface area contributed by atoms with E-state index in [1.165, 1.54) is 12.1 Å². The molecule has 0 saturated heterocycles. The monoisotopic (exact) mass is 227 g/mol. The molecule has 0 heterocycles. The first-order valence-corrected chi connectivity index (χ1v) is 4.91. The maximum absolute atomic E-state index is 12.5. The van der Waals surface area contributed by atoms with Crippen LogP contribution in [0.25, 0.3) is 0 Å². The van der Waals surface area contributed by atoms with E-state index in [4.69, 9.17) is 5.73 Å². The van der Waals surface area contributed by atoms with Gasteiger partial charge in [0.05, 0.1) is 5.56 Å². The fourth-order valence-corrected chi connectivity index (χ4v) is 1.19. The Bertz CT molecular complexity index is 399. The standard InChI is InChI=1S/C12H12F3N/c13-12(14,15)11-8-4-3-7-10(11)6-2-1-5-9-16/h3-4,7-8H,1,5,9,16H2. The molecular formula is C12H12F3N. The van der Waals surface area contributed by atoms with Crippen LogP contribution in [0.3, 0.4) is 0 Å². The molecule has 0 aliphatic rings. The first-order chi connectivity index (χ1) is 7.55. The molecule has 0 spiro atoms. The third-order valence-electron chi connectivity index (χ3n) is 1.96. The summed E-state index contributed by atoms with van der Waals surface area (Å²) in [6, 6.07) is 5.31. The average Bonchev–Trinajstić information content (AvgIpc) is 2.24. The highest BCUT2D eigenvalue weighted by Gasteiger charge is 2.32. The van der Waals surface area contributed by atoms with Gasteiger partial charge in [-0.1, -0.05) is 24.0 Å². The minimum absolute atomic E-state index is 0.0204. The van der Waals surface area contributed by atoms with Crippen molar-refractivity contribution in [1.82, 2.24) is 0 Å². The topological polar surface area (TPSA) is 26.0 Å². The lowest BCUT2D eigenvalue weighted by atomic mass is 10.1. The summed E-state index contributed by atoms with van der Waals surface area (Å²) in [7, 11) is 0. The van der Waals surface area contributed by atoms with Gasteiger partial charge in [-0.15, -0.1) is 0 Å². The van der Waals surface area contributed by atoms with Crippen LogP contribution >= 0.6 is 0 Å². The zero-order valence-corrected chi connectivity index (χ0v) is 8.64. The van der Waals surface area contributed by atoms with Crippen molar-refractivity contribution in [1.29, 1.82) is 0 Å². The molecule has 1 aromatic carbocycles. The molecule has 86 valence electrons. The third-order valence-corrected chi connectivity index (χ3v) is 1.96. The average molecular weight is 227 g/mol. The van der Waals surface area contributed by atoms with Gasteiger partial charge >= 0.3 is 6.18 Å². The van der Waals surface area contributed by atoms with E-state index in [2.05, 4.69) is 11.8 Å². The van der Waals surface area contributed by atoms with Crippen molar-refractivity contribution >= 4 is 0 Å². The molecule has 1 rings (SSSR count). The minimum atomic E-state index is -4.35. The van der Waals surface area contributed by atoms with E-state index in [1.807, 2.05) is 0 Å². The number of hydrogen-bond donors (Lipinski definition) is 1. The van der Waals surface area contributed by atoms with Crippen LogP contribution in [0.5, 0.6) is 0 Å². The van der Waals surface area contributed by atoms with Gasteiger partial charge in [-0.2, -0.15) is 13.2 Å². The van der Waals surface area contributed by atoms with Crippen LogP contribution < -0.4 is 5.73 Å². The normalized spacial score (nSPS) is 10.8. The van der Waals surface area contributed by atoms with Gasteiger partial charge in [0.15, 0.2) is 0 Å². The lowest BCUT2D eigenvalue weighted by Gasteiger charge is -2.07. The van der Waals surface area contributed by atoms with E-state index in [0.29, 0.717) is 19.4 Å². The molecule has 0 fully saturated rings. The van der Waals surface area contributed by atoms with Gasteiger partial charge < -0.3 is 5.73 Å². The Morgan fingerprint density at radius 2 is 1.88 bits per heavy atom. The van der Waals surface area contributed by atoms with Crippen molar-refractivity contribution in [3.05, 3.63) is 35.4 Å². The molecule has 0 radical (unpaired) electrons. The maximum Gasteiger partial charge on any atom is 0.417 e. The second-order valence-electron chi connectivity index (χ2n) is 3.24. The number of halogens is 3. The van der Waals surface area contributed by atoms with Crippen molar-refractivity contribution in [2.75, 3.05) is 6.54 Å². The van der Waals surface area contributed by atoms with Crippen LogP contribution in [0.2, 0.25) is 0 Å². The van der Waals surface area contributed by atoms with Crippen molar-refractivity contribution in [3.8, 4) is 11.8 Å². The second kappa shape index (κ2) is 5.57. The van der Waals surface area contributed by atoms with E-state index in [9.17, 15) is 13.2 Å². The Balaban J connectivity index is 2.90. The fourth-order valence-electron chi connectivity index (χ4n) is 1.19. The van der Waals surface area contributed by atoms with Crippen LogP contribution in [0, 0.1) is 11.8 Å². The lowest BCUT2D eigenvalue weighted by Crippen LogP contribution is -2.07. The predicted molar refractivity (Wildman–Crippen MR) is 56.6 cm³/mol. The summed E-state index contributed by atoms with van der Waals surface area (Å²) in [6.45, 7) is 0.496. The molecule has 0 aliphatic carbocycles. The van der Waals surface area contributed by atoms with Crippen LogP contribution in [-0.4, -0.2) is 6.54 Å². The second-order valence-corrected chi connectivity index (χ2v) is 3.24. The highest BCUT2D eigenvalue weighted by atomic mass is 19.4. The zero-order valence-electron chi connectivity index (χ0n) is 8.64. The number of benzene rings is 1. The third kappa shape index (κ3) is 3.59. The Kier molecular flexibility index (Phi) is 4.39. The number of hydrogen-bond acceptors (Lipinski definition) is 1. The van der Waals surface area contributed by atoms with E-state index in [1.54, 1.807) is 6.07 Å². The van der Waals surface area contributed by atoms with Crippen LogP contribution in [0.15, 0.2) is 24.3 Å². The molecule has 0 atom stereocenters. The summed E-state index contributed by atoms with van der Waals surface area (Å²) in [6.07, 6.45) is -3.14. The summed E-state index contributed by atoms with van der Waals surface area (Å²) in [4.78, 5) is 0. The van der Waals surface area contributed by atoms with Crippen LogP contribution in [-0.2, 0) is 6.18 Å². The molecule has 0 saturated carbocycles. The lowest BCUT2D eigenvalue weighted by molar-refractivity contribution is -0.137. The molecule has 0 amide bonds. The van der Waals surface area contributed by atoms with Crippen molar-refractivity contribution < 1.29 is 13.2 Å².